The van der Waals surface area contributed by atoms with Gasteiger partial charge in [0.05, 0.1) is 19.5 Å². The molecule has 1 aromatic heterocycles. The van der Waals surface area contributed by atoms with Gasteiger partial charge in [0.1, 0.15) is 5.75 Å². The van der Waals surface area contributed by atoms with E-state index in [1.807, 2.05) is 69.1 Å². The van der Waals surface area contributed by atoms with E-state index in [0.717, 1.165) is 16.9 Å². The lowest BCUT2D eigenvalue weighted by Gasteiger charge is -2.41. The van der Waals surface area contributed by atoms with E-state index in [0.29, 0.717) is 31.7 Å². The second kappa shape index (κ2) is 9.04. The molecule has 3 aromatic rings. The summed E-state index contributed by atoms with van der Waals surface area (Å²) >= 11 is 0. The quantitative estimate of drug-likeness (QED) is 0.639. The van der Waals surface area contributed by atoms with Gasteiger partial charge in [-0.3, -0.25) is 9.59 Å². The minimum absolute atomic E-state index is 0.00949. The molecular formula is C24H26N4O3. The van der Waals surface area contributed by atoms with E-state index in [1.54, 1.807) is 26.6 Å². The molecule has 7 nitrogen and oxygen atoms in total. The average molecular weight is 418 g/mol. The van der Waals surface area contributed by atoms with Crippen molar-refractivity contribution >= 4 is 11.8 Å². The van der Waals surface area contributed by atoms with Crippen molar-refractivity contribution < 1.29 is 14.3 Å². The highest BCUT2D eigenvalue weighted by atomic mass is 16.5. The van der Waals surface area contributed by atoms with Crippen LogP contribution in [0.25, 0.3) is 0 Å². The second-order valence-corrected chi connectivity index (χ2v) is 7.69. The Morgan fingerprint density at radius 3 is 2.61 bits per heavy atom. The second-order valence-electron chi connectivity index (χ2n) is 7.69. The van der Waals surface area contributed by atoms with E-state index in [4.69, 9.17) is 4.74 Å². The van der Waals surface area contributed by atoms with Gasteiger partial charge in [0.15, 0.2) is 0 Å². The van der Waals surface area contributed by atoms with Gasteiger partial charge in [-0.25, -0.2) is 4.98 Å². The first-order chi connectivity index (χ1) is 15.0. The summed E-state index contributed by atoms with van der Waals surface area (Å²) in [5.74, 6) is 0.751. The summed E-state index contributed by atoms with van der Waals surface area (Å²) in [5, 5.41) is 0. The third kappa shape index (κ3) is 4.60. The van der Waals surface area contributed by atoms with Crippen LogP contribution in [0.2, 0.25) is 0 Å². The molecule has 0 unspecified atom stereocenters. The predicted octanol–water partition coefficient (Wildman–Crippen LogP) is 2.99. The summed E-state index contributed by atoms with van der Waals surface area (Å²) in [4.78, 5) is 33.3. The maximum atomic E-state index is 13.3. The Kier molecular flexibility index (Phi) is 6.02. The Balaban J connectivity index is 1.54. The fourth-order valence-electron chi connectivity index (χ4n) is 4.03. The summed E-state index contributed by atoms with van der Waals surface area (Å²) in [6.07, 6.45) is 5.40. The molecule has 0 spiro atoms. The number of carbonyl (C=O) groups excluding carboxylic acids is 2. The highest BCUT2D eigenvalue weighted by Crippen LogP contribution is 2.28. The van der Waals surface area contributed by atoms with Gasteiger partial charge in [0.2, 0.25) is 5.91 Å². The summed E-state index contributed by atoms with van der Waals surface area (Å²) < 4.78 is 7.21. The first kappa shape index (κ1) is 20.7. The monoisotopic (exact) mass is 418 g/mol. The fourth-order valence-corrected chi connectivity index (χ4v) is 4.03. The lowest BCUT2D eigenvalue weighted by molar-refractivity contribution is -0.133. The van der Waals surface area contributed by atoms with Crippen LogP contribution in [0.1, 0.15) is 34.5 Å². The summed E-state index contributed by atoms with van der Waals surface area (Å²) in [5.41, 5.74) is 2.68. The lowest BCUT2D eigenvalue weighted by atomic mass is 10.0. The van der Waals surface area contributed by atoms with Crippen molar-refractivity contribution in [2.24, 2.45) is 0 Å². The average Bonchev–Trinajstić information content (AvgIpc) is 3.31. The van der Waals surface area contributed by atoms with Crippen molar-refractivity contribution in [1.29, 1.82) is 0 Å². The molecular weight excluding hydrogens is 392 g/mol. The van der Waals surface area contributed by atoms with Gasteiger partial charge in [0, 0.05) is 51.1 Å². The molecule has 1 atom stereocenters. The van der Waals surface area contributed by atoms with E-state index in [2.05, 4.69) is 4.98 Å². The smallest absolute Gasteiger partial charge is 0.254 e. The van der Waals surface area contributed by atoms with E-state index in [-0.39, 0.29) is 17.9 Å². The molecule has 0 radical (unpaired) electrons. The van der Waals surface area contributed by atoms with E-state index in [1.165, 1.54) is 0 Å². The zero-order valence-corrected chi connectivity index (χ0v) is 17.8. The van der Waals surface area contributed by atoms with Gasteiger partial charge >= 0.3 is 0 Å². The third-order valence-electron chi connectivity index (χ3n) is 5.67. The van der Waals surface area contributed by atoms with Crippen LogP contribution in [-0.2, 0) is 11.3 Å². The van der Waals surface area contributed by atoms with Crippen molar-refractivity contribution in [1.82, 2.24) is 19.4 Å². The maximum Gasteiger partial charge on any atom is 0.254 e. The Morgan fingerprint density at radius 1 is 1.13 bits per heavy atom. The molecule has 4 rings (SSSR count). The van der Waals surface area contributed by atoms with Gasteiger partial charge in [-0.15, -0.1) is 0 Å². The van der Waals surface area contributed by atoms with Gasteiger partial charge in [-0.1, -0.05) is 24.3 Å². The zero-order chi connectivity index (χ0) is 21.8. The number of hydrogen-bond donors (Lipinski definition) is 0. The third-order valence-corrected chi connectivity index (χ3v) is 5.67. The minimum Gasteiger partial charge on any atom is -0.497 e. The van der Waals surface area contributed by atoms with Crippen LogP contribution in [0.15, 0.2) is 67.3 Å². The number of aromatic nitrogens is 2. The van der Waals surface area contributed by atoms with Crippen molar-refractivity contribution in [3.63, 3.8) is 0 Å². The molecule has 1 fully saturated rings. The van der Waals surface area contributed by atoms with Crippen LogP contribution in [0.3, 0.4) is 0 Å². The molecule has 2 aromatic carbocycles. The Morgan fingerprint density at radius 2 is 1.94 bits per heavy atom. The molecule has 160 valence electrons. The fraction of sp³-hybridized carbons (Fsp3) is 0.292. The number of amides is 2. The number of nitrogens with zero attached hydrogens (tertiary/aromatic N) is 4. The number of methoxy groups -OCH3 is 1. The number of carbonyl (C=O) groups is 2. The molecule has 2 amide bonds. The highest BCUT2D eigenvalue weighted by molar-refractivity contribution is 5.94. The standard InChI is InChI=1S/C24H26N4O3/c1-18(29)28-13-12-27(16-23(28)20-6-8-22(31-2)9-7-20)24(30)21-5-3-4-19(14-21)15-26-11-10-25-17-26/h3-11,14,17,23H,12-13,15-16H2,1-2H3/t23-/m1/s1. The predicted molar refractivity (Wildman–Crippen MR) is 117 cm³/mol. The van der Waals surface area contributed by atoms with Crippen molar-refractivity contribution in [2.75, 3.05) is 26.7 Å². The Bertz CT molecular complexity index is 1050. The molecule has 1 aliphatic heterocycles. The molecule has 0 bridgehead atoms. The topological polar surface area (TPSA) is 67.7 Å². The molecule has 1 aliphatic rings. The number of benzene rings is 2. The normalized spacial score (nSPS) is 16.3. The Hall–Kier alpha value is -3.61. The van der Waals surface area contributed by atoms with Crippen LogP contribution >= 0.6 is 0 Å². The maximum absolute atomic E-state index is 13.3. The molecule has 31 heavy (non-hydrogen) atoms. The van der Waals surface area contributed by atoms with Gasteiger partial charge in [-0.05, 0) is 35.4 Å². The first-order valence-electron chi connectivity index (χ1n) is 10.3. The summed E-state index contributed by atoms with van der Waals surface area (Å²) in [6, 6.07) is 15.2. The van der Waals surface area contributed by atoms with E-state index in [9.17, 15) is 9.59 Å². The van der Waals surface area contributed by atoms with Crippen LogP contribution < -0.4 is 4.74 Å². The van der Waals surface area contributed by atoms with E-state index < -0.39 is 0 Å². The molecule has 2 heterocycles. The minimum atomic E-state index is -0.185. The number of imidazole rings is 1. The highest BCUT2D eigenvalue weighted by Gasteiger charge is 2.32. The molecule has 7 heteroatoms. The van der Waals surface area contributed by atoms with E-state index >= 15 is 0 Å². The van der Waals surface area contributed by atoms with Gasteiger partial charge in [-0.2, -0.15) is 0 Å². The number of hydrogen-bond acceptors (Lipinski definition) is 4. The summed E-state index contributed by atoms with van der Waals surface area (Å²) in [6.45, 7) is 3.71. The van der Waals surface area contributed by atoms with Crippen LogP contribution in [0.5, 0.6) is 5.75 Å². The van der Waals surface area contributed by atoms with Crippen molar-refractivity contribution in [3.05, 3.63) is 83.9 Å². The number of ether oxygens (including phenoxy) is 1. The SMILES string of the molecule is COc1ccc([C@H]2CN(C(=O)c3cccc(Cn4ccnc4)c3)CCN2C(C)=O)cc1. The van der Waals surface area contributed by atoms with Crippen molar-refractivity contribution in [3.8, 4) is 5.75 Å². The molecule has 0 aliphatic carbocycles. The molecule has 0 N–H and O–H groups in total. The molecule has 0 saturated carbocycles. The van der Waals surface area contributed by atoms with Gasteiger partial charge in [0.25, 0.3) is 5.91 Å². The van der Waals surface area contributed by atoms with Crippen LogP contribution in [-0.4, -0.2) is 57.9 Å². The Labute approximate surface area is 181 Å². The largest absolute Gasteiger partial charge is 0.497 e. The number of rotatable bonds is 5. The zero-order valence-electron chi connectivity index (χ0n) is 17.8. The van der Waals surface area contributed by atoms with Crippen molar-refractivity contribution in [2.45, 2.75) is 19.5 Å². The summed E-state index contributed by atoms with van der Waals surface area (Å²) in [7, 11) is 1.62. The van der Waals surface area contributed by atoms with Crippen LogP contribution in [0, 0.1) is 0 Å². The number of piperazine rings is 1. The first-order valence-corrected chi connectivity index (χ1v) is 10.3. The lowest BCUT2D eigenvalue weighted by Crippen LogP contribution is -2.51. The molecule has 1 saturated heterocycles. The van der Waals surface area contributed by atoms with Gasteiger partial charge < -0.3 is 19.1 Å². The van der Waals surface area contributed by atoms with Crippen LogP contribution in [0.4, 0.5) is 0 Å².